The number of benzene rings is 1. The van der Waals surface area contributed by atoms with E-state index in [2.05, 4.69) is 21.2 Å². The van der Waals surface area contributed by atoms with Gasteiger partial charge in [0.2, 0.25) is 0 Å². The molecule has 0 fully saturated rings. The summed E-state index contributed by atoms with van der Waals surface area (Å²) in [7, 11) is 0. The van der Waals surface area contributed by atoms with Gasteiger partial charge in [0.05, 0.1) is 9.40 Å². The van der Waals surface area contributed by atoms with Gasteiger partial charge < -0.3 is 10.4 Å². The van der Waals surface area contributed by atoms with E-state index < -0.39 is 10.9 Å². The first-order valence-electron chi connectivity index (χ1n) is 5.32. The summed E-state index contributed by atoms with van der Waals surface area (Å²) >= 11 is 3.12. The van der Waals surface area contributed by atoms with Crippen LogP contribution in [0.4, 0.5) is 11.4 Å². The Morgan fingerprint density at radius 3 is 2.78 bits per heavy atom. The highest BCUT2D eigenvalue weighted by atomic mass is 79.9. The number of nitro groups is 1. The predicted octanol–water partition coefficient (Wildman–Crippen LogP) is 3.02. The molecule has 0 radical (unpaired) electrons. The number of carboxylic acids is 1. The lowest BCUT2D eigenvalue weighted by molar-refractivity contribution is -0.385. The fourth-order valence-electron chi connectivity index (χ4n) is 1.44. The Morgan fingerprint density at radius 2 is 2.28 bits per heavy atom. The van der Waals surface area contributed by atoms with Crippen molar-refractivity contribution in [3.05, 3.63) is 32.8 Å². The lowest BCUT2D eigenvalue weighted by atomic mass is 10.1. The van der Waals surface area contributed by atoms with Crippen LogP contribution in [0.2, 0.25) is 0 Å². The van der Waals surface area contributed by atoms with Gasteiger partial charge in [0.15, 0.2) is 0 Å². The fraction of sp³-hybridized carbons (Fsp3) is 0.364. The van der Waals surface area contributed by atoms with Crippen LogP contribution in [-0.2, 0) is 4.79 Å². The first-order valence-corrected chi connectivity index (χ1v) is 6.11. The topological polar surface area (TPSA) is 92.5 Å². The van der Waals surface area contributed by atoms with Crippen molar-refractivity contribution in [1.29, 1.82) is 0 Å². The summed E-state index contributed by atoms with van der Waals surface area (Å²) in [5, 5.41) is 22.3. The smallest absolute Gasteiger partial charge is 0.303 e. The third-order valence-corrected chi connectivity index (χ3v) is 2.98. The van der Waals surface area contributed by atoms with Crippen LogP contribution in [0.1, 0.15) is 19.8 Å². The Kier molecular flexibility index (Phi) is 5.08. The lowest BCUT2D eigenvalue weighted by Gasteiger charge is -2.14. The van der Waals surface area contributed by atoms with E-state index in [0.717, 1.165) is 0 Å². The molecule has 98 valence electrons. The molecular weight excluding hydrogens is 304 g/mol. The number of carbonyl (C=O) groups is 1. The van der Waals surface area contributed by atoms with Crippen LogP contribution in [0.25, 0.3) is 0 Å². The third kappa shape index (κ3) is 4.33. The molecule has 0 saturated heterocycles. The zero-order chi connectivity index (χ0) is 13.7. The van der Waals surface area contributed by atoms with E-state index in [1.807, 2.05) is 6.92 Å². The standard InChI is InChI=1S/C11H13BrN2O4/c1-7(2-5-11(15)16)13-8-3-4-10(14(17)18)9(12)6-8/h3-4,6-7,13H,2,5H2,1H3,(H,15,16). The van der Waals surface area contributed by atoms with Gasteiger partial charge in [0, 0.05) is 24.2 Å². The van der Waals surface area contributed by atoms with Gasteiger partial charge in [0.1, 0.15) is 0 Å². The molecule has 0 amide bonds. The second kappa shape index (κ2) is 6.34. The van der Waals surface area contributed by atoms with Gasteiger partial charge in [-0.15, -0.1) is 0 Å². The van der Waals surface area contributed by atoms with Crippen molar-refractivity contribution in [1.82, 2.24) is 0 Å². The largest absolute Gasteiger partial charge is 0.481 e. The zero-order valence-corrected chi connectivity index (χ0v) is 11.3. The van der Waals surface area contributed by atoms with Gasteiger partial charge in [-0.05, 0) is 41.4 Å². The second-order valence-corrected chi connectivity index (χ2v) is 4.76. The summed E-state index contributed by atoms with van der Waals surface area (Å²) in [5.41, 5.74) is 0.712. The molecule has 7 heteroatoms. The molecule has 0 aliphatic heterocycles. The number of rotatable bonds is 6. The molecule has 18 heavy (non-hydrogen) atoms. The number of aliphatic carboxylic acids is 1. The van der Waals surface area contributed by atoms with Gasteiger partial charge >= 0.3 is 5.97 Å². The third-order valence-electron chi connectivity index (χ3n) is 2.35. The predicted molar refractivity (Wildman–Crippen MR) is 70.8 cm³/mol. The van der Waals surface area contributed by atoms with E-state index >= 15 is 0 Å². The van der Waals surface area contributed by atoms with Crippen LogP contribution < -0.4 is 5.32 Å². The average Bonchev–Trinajstić information content (AvgIpc) is 2.26. The molecule has 1 atom stereocenters. The fourth-order valence-corrected chi connectivity index (χ4v) is 1.96. The summed E-state index contributed by atoms with van der Waals surface area (Å²) in [5.74, 6) is -0.839. The lowest BCUT2D eigenvalue weighted by Crippen LogP contribution is -2.16. The molecule has 0 bridgehead atoms. The molecule has 2 N–H and O–H groups in total. The molecule has 0 spiro atoms. The summed E-state index contributed by atoms with van der Waals surface area (Å²) < 4.78 is 0.392. The minimum absolute atomic E-state index is 0.00117. The van der Waals surface area contributed by atoms with Gasteiger partial charge in [0.25, 0.3) is 5.69 Å². The highest BCUT2D eigenvalue weighted by molar-refractivity contribution is 9.10. The van der Waals surface area contributed by atoms with E-state index in [-0.39, 0.29) is 18.2 Å². The maximum atomic E-state index is 10.6. The van der Waals surface area contributed by atoms with Gasteiger partial charge in [-0.2, -0.15) is 0 Å². The highest BCUT2D eigenvalue weighted by Crippen LogP contribution is 2.28. The number of halogens is 1. The minimum Gasteiger partial charge on any atom is -0.481 e. The van der Waals surface area contributed by atoms with Crippen LogP contribution in [0.3, 0.4) is 0 Å². The quantitative estimate of drug-likeness (QED) is 0.621. The first kappa shape index (κ1) is 14.4. The van der Waals surface area contributed by atoms with Crippen molar-refractivity contribution in [3.8, 4) is 0 Å². The normalized spacial score (nSPS) is 11.9. The summed E-state index contributed by atoms with van der Waals surface area (Å²) in [6, 6.07) is 4.58. The van der Waals surface area contributed by atoms with E-state index in [9.17, 15) is 14.9 Å². The Morgan fingerprint density at radius 1 is 1.61 bits per heavy atom. The number of hydrogen-bond donors (Lipinski definition) is 2. The zero-order valence-electron chi connectivity index (χ0n) is 9.72. The number of hydrogen-bond acceptors (Lipinski definition) is 4. The van der Waals surface area contributed by atoms with Crippen molar-refractivity contribution in [2.45, 2.75) is 25.8 Å². The monoisotopic (exact) mass is 316 g/mol. The maximum absolute atomic E-state index is 10.6. The molecule has 6 nitrogen and oxygen atoms in total. The molecule has 1 rings (SSSR count). The molecule has 0 heterocycles. The number of anilines is 1. The average molecular weight is 317 g/mol. The molecule has 1 unspecified atom stereocenters. The summed E-state index contributed by atoms with van der Waals surface area (Å²) in [6.07, 6.45) is 0.576. The van der Waals surface area contributed by atoms with Crippen LogP contribution in [0, 0.1) is 10.1 Å². The van der Waals surface area contributed by atoms with E-state index in [4.69, 9.17) is 5.11 Å². The molecule has 0 aliphatic rings. The van der Waals surface area contributed by atoms with Crippen molar-refractivity contribution in [2.75, 3.05) is 5.32 Å². The first-order chi connectivity index (χ1) is 8.40. The Balaban J connectivity index is 2.65. The summed E-state index contributed by atoms with van der Waals surface area (Å²) in [4.78, 5) is 20.6. The molecule has 1 aromatic rings. The van der Waals surface area contributed by atoms with Crippen LogP contribution in [0.5, 0.6) is 0 Å². The van der Waals surface area contributed by atoms with Crippen LogP contribution >= 0.6 is 15.9 Å². The van der Waals surface area contributed by atoms with Gasteiger partial charge in [-0.3, -0.25) is 14.9 Å². The van der Waals surface area contributed by atoms with Gasteiger partial charge in [-0.1, -0.05) is 0 Å². The Hall–Kier alpha value is -1.63. The molecule has 0 saturated carbocycles. The van der Waals surface area contributed by atoms with Crippen molar-refractivity contribution < 1.29 is 14.8 Å². The molecule has 0 aromatic heterocycles. The van der Waals surface area contributed by atoms with Crippen molar-refractivity contribution in [3.63, 3.8) is 0 Å². The highest BCUT2D eigenvalue weighted by Gasteiger charge is 2.12. The number of nitrogens with one attached hydrogen (secondary N) is 1. The summed E-state index contributed by atoms with van der Waals surface area (Å²) in [6.45, 7) is 1.86. The van der Waals surface area contributed by atoms with Gasteiger partial charge in [-0.25, -0.2) is 0 Å². The van der Waals surface area contributed by atoms with Crippen LogP contribution in [-0.4, -0.2) is 22.0 Å². The SMILES string of the molecule is CC(CCC(=O)O)Nc1ccc([N+](=O)[O-])c(Br)c1. The molecular formula is C11H13BrN2O4. The van der Waals surface area contributed by atoms with E-state index in [0.29, 0.717) is 16.6 Å². The van der Waals surface area contributed by atoms with Crippen molar-refractivity contribution in [2.24, 2.45) is 0 Å². The van der Waals surface area contributed by atoms with Crippen molar-refractivity contribution >= 4 is 33.3 Å². The van der Waals surface area contributed by atoms with Crippen LogP contribution in [0.15, 0.2) is 22.7 Å². The van der Waals surface area contributed by atoms with E-state index in [1.165, 1.54) is 6.07 Å². The second-order valence-electron chi connectivity index (χ2n) is 3.90. The Bertz CT molecular complexity index is 464. The molecule has 1 aromatic carbocycles. The number of carboxylic acid groups (broad SMARTS) is 1. The molecule has 0 aliphatic carbocycles. The number of nitrogens with zero attached hydrogens (tertiary/aromatic N) is 1. The van der Waals surface area contributed by atoms with E-state index in [1.54, 1.807) is 12.1 Å². The minimum atomic E-state index is -0.839. The maximum Gasteiger partial charge on any atom is 0.303 e. The Labute approximate surface area is 112 Å². The number of nitro benzene ring substituents is 1.